The predicted molar refractivity (Wildman–Crippen MR) is 181 cm³/mol. The number of amides is 3. The SMILES string of the molecule is O=C1CC/C=C\[C@H]2O[C@]34C=CCN(CCN5CCOCC5)C(=O)[C@H]3N([C@H](CO)c3ccccc3)C(=O)[C@@H]4[C@H]2C(=O)N[C@H](c2ccccc2)CO1. The van der Waals surface area contributed by atoms with E-state index in [-0.39, 0.29) is 24.9 Å². The minimum atomic E-state index is -1.49. The maximum atomic E-state index is 15.0. The molecular weight excluding hydrogens is 640 g/mol. The first kappa shape index (κ1) is 34.1. The van der Waals surface area contributed by atoms with Gasteiger partial charge in [-0.15, -0.1) is 0 Å². The van der Waals surface area contributed by atoms with Gasteiger partial charge in [0, 0.05) is 39.1 Å². The average Bonchev–Trinajstić information content (AvgIpc) is 3.53. The summed E-state index contributed by atoms with van der Waals surface area (Å²) < 4.78 is 17.9. The Kier molecular flexibility index (Phi) is 10.1. The molecule has 0 aromatic heterocycles. The minimum absolute atomic E-state index is 0.0772. The molecule has 12 heteroatoms. The van der Waals surface area contributed by atoms with Crippen LogP contribution in [0.3, 0.4) is 0 Å². The third-order valence-electron chi connectivity index (χ3n) is 10.6. The van der Waals surface area contributed by atoms with Gasteiger partial charge in [-0.1, -0.05) is 85.0 Å². The van der Waals surface area contributed by atoms with Crippen LogP contribution < -0.4 is 5.32 Å². The molecule has 0 aliphatic carbocycles. The number of aliphatic hydroxyl groups excluding tert-OH is 1. The molecule has 2 aromatic carbocycles. The number of fused-ring (bicyclic) bond motifs is 2. The number of allylic oxidation sites excluding steroid dienone is 1. The van der Waals surface area contributed by atoms with E-state index < -0.39 is 60.1 Å². The van der Waals surface area contributed by atoms with Gasteiger partial charge in [-0.05, 0) is 17.5 Å². The fourth-order valence-electron chi connectivity index (χ4n) is 8.08. The molecule has 0 unspecified atom stereocenters. The van der Waals surface area contributed by atoms with Crippen molar-refractivity contribution in [2.45, 2.75) is 42.7 Å². The van der Waals surface area contributed by atoms with Crippen LogP contribution in [-0.2, 0) is 33.4 Å². The Morgan fingerprint density at radius 1 is 0.920 bits per heavy atom. The Morgan fingerprint density at radius 3 is 2.40 bits per heavy atom. The Morgan fingerprint density at radius 2 is 1.66 bits per heavy atom. The van der Waals surface area contributed by atoms with Crippen molar-refractivity contribution in [1.82, 2.24) is 20.0 Å². The van der Waals surface area contributed by atoms with Crippen LogP contribution in [0, 0.1) is 11.8 Å². The van der Waals surface area contributed by atoms with Gasteiger partial charge in [-0.3, -0.25) is 24.1 Å². The summed E-state index contributed by atoms with van der Waals surface area (Å²) in [6.07, 6.45) is 6.81. The fourth-order valence-corrected chi connectivity index (χ4v) is 8.08. The van der Waals surface area contributed by atoms with Gasteiger partial charge < -0.3 is 34.4 Å². The molecule has 2 N–H and O–H groups in total. The quantitative estimate of drug-likeness (QED) is 0.330. The van der Waals surface area contributed by atoms with Gasteiger partial charge in [-0.25, -0.2) is 0 Å². The summed E-state index contributed by atoms with van der Waals surface area (Å²) in [4.78, 5) is 62.4. The number of carbonyl (C=O) groups excluding carboxylic acids is 4. The molecule has 12 nitrogen and oxygen atoms in total. The molecule has 7 rings (SSSR count). The van der Waals surface area contributed by atoms with Gasteiger partial charge in [0.05, 0.1) is 49.8 Å². The van der Waals surface area contributed by atoms with Crippen LogP contribution in [0.2, 0.25) is 0 Å². The lowest BCUT2D eigenvalue weighted by molar-refractivity contribution is -0.151. The number of hydrogen-bond donors (Lipinski definition) is 2. The molecule has 7 atom stereocenters. The summed E-state index contributed by atoms with van der Waals surface area (Å²) >= 11 is 0. The Hall–Kier alpha value is -4.36. The summed E-state index contributed by atoms with van der Waals surface area (Å²) in [6, 6.07) is 15.7. The van der Waals surface area contributed by atoms with Gasteiger partial charge in [0.2, 0.25) is 17.7 Å². The summed E-state index contributed by atoms with van der Waals surface area (Å²) in [7, 11) is 0. The second-order valence-corrected chi connectivity index (χ2v) is 13.5. The number of carbonyl (C=O) groups is 4. The molecule has 50 heavy (non-hydrogen) atoms. The molecule has 5 aliphatic rings. The van der Waals surface area contributed by atoms with Crippen molar-refractivity contribution in [3.05, 3.63) is 96.1 Å². The van der Waals surface area contributed by atoms with Crippen LogP contribution in [0.5, 0.6) is 0 Å². The number of cyclic esters (lactones) is 1. The van der Waals surface area contributed by atoms with E-state index in [9.17, 15) is 24.3 Å². The lowest BCUT2D eigenvalue weighted by Gasteiger charge is -2.39. The minimum Gasteiger partial charge on any atom is -0.463 e. The predicted octanol–water partition coefficient (Wildman–Crippen LogP) is 1.78. The third-order valence-corrected chi connectivity index (χ3v) is 10.6. The highest BCUT2D eigenvalue weighted by molar-refractivity contribution is 6.00. The van der Waals surface area contributed by atoms with Crippen molar-refractivity contribution in [2.24, 2.45) is 11.8 Å². The second kappa shape index (κ2) is 14.9. The van der Waals surface area contributed by atoms with Crippen molar-refractivity contribution in [3.63, 3.8) is 0 Å². The number of ether oxygens (including phenoxy) is 3. The molecule has 2 aromatic rings. The summed E-state index contributed by atoms with van der Waals surface area (Å²) in [5.41, 5.74) is -0.0750. The highest BCUT2D eigenvalue weighted by atomic mass is 16.5. The smallest absolute Gasteiger partial charge is 0.306 e. The fraction of sp³-hybridized carbons (Fsp3) is 0.474. The monoisotopic (exact) mass is 684 g/mol. The van der Waals surface area contributed by atoms with Crippen LogP contribution in [0.4, 0.5) is 0 Å². The van der Waals surface area contributed by atoms with Crippen molar-refractivity contribution in [2.75, 3.05) is 59.2 Å². The zero-order valence-electron chi connectivity index (χ0n) is 28.0. The maximum Gasteiger partial charge on any atom is 0.306 e. The van der Waals surface area contributed by atoms with E-state index in [1.807, 2.05) is 66.7 Å². The normalized spacial score (nSPS) is 31.7. The molecule has 3 amide bonds. The van der Waals surface area contributed by atoms with Gasteiger partial charge >= 0.3 is 5.97 Å². The summed E-state index contributed by atoms with van der Waals surface area (Å²) in [5.74, 6) is -3.65. The van der Waals surface area contributed by atoms with E-state index >= 15 is 0 Å². The number of benzene rings is 2. The van der Waals surface area contributed by atoms with Crippen molar-refractivity contribution in [3.8, 4) is 0 Å². The number of hydrogen-bond acceptors (Lipinski definition) is 9. The van der Waals surface area contributed by atoms with Crippen molar-refractivity contribution >= 4 is 23.7 Å². The van der Waals surface area contributed by atoms with Gasteiger partial charge in [0.25, 0.3) is 0 Å². The zero-order chi connectivity index (χ0) is 34.7. The van der Waals surface area contributed by atoms with Crippen LogP contribution >= 0.6 is 0 Å². The molecule has 3 fully saturated rings. The number of esters is 1. The molecule has 5 heterocycles. The number of nitrogens with zero attached hydrogens (tertiary/aromatic N) is 3. The van der Waals surface area contributed by atoms with Crippen molar-refractivity contribution < 1.29 is 38.5 Å². The van der Waals surface area contributed by atoms with Gasteiger partial charge in [0.1, 0.15) is 18.2 Å². The first-order valence-corrected chi connectivity index (χ1v) is 17.5. The van der Waals surface area contributed by atoms with E-state index in [0.717, 1.165) is 18.7 Å². The van der Waals surface area contributed by atoms with E-state index in [4.69, 9.17) is 14.2 Å². The number of likely N-dealkylation sites (tertiary alicyclic amines) is 1. The van der Waals surface area contributed by atoms with Gasteiger partial charge in [-0.2, -0.15) is 0 Å². The van der Waals surface area contributed by atoms with E-state index in [1.165, 1.54) is 4.90 Å². The Balaban J connectivity index is 1.29. The molecule has 1 spiro atoms. The average molecular weight is 685 g/mol. The number of rotatable bonds is 7. The number of morpholine rings is 1. The van der Waals surface area contributed by atoms with E-state index in [2.05, 4.69) is 10.2 Å². The number of aliphatic hydroxyl groups is 1. The topological polar surface area (TPSA) is 138 Å². The molecular formula is C38H44N4O8. The maximum absolute atomic E-state index is 15.0. The Bertz CT molecular complexity index is 1610. The first-order valence-electron chi connectivity index (χ1n) is 17.5. The standard InChI is InChI=1S/C38H44N4O8/c43-24-29(27-12-5-2-6-13-27)42-34-37(47)41(19-18-40-20-22-48-23-21-40)17-9-16-38(34)33(36(42)46)32-30(50-38)14-7-8-15-31(44)49-25-28(39-35(32)45)26-10-3-1-4-11-26/h1-7,9-14,16,28-30,32-34,43H,8,15,17-25H2,(H,39,45)/b14-7-/t28-,29+,30+,32-,33-,34+,38-/m0/s1. The highest BCUT2D eigenvalue weighted by Gasteiger charge is 2.72. The molecule has 3 saturated heterocycles. The van der Waals surface area contributed by atoms with Crippen LogP contribution in [0.1, 0.15) is 36.1 Å². The number of nitrogens with one attached hydrogen (secondary N) is 1. The zero-order valence-corrected chi connectivity index (χ0v) is 28.0. The lowest BCUT2D eigenvalue weighted by atomic mass is 9.77. The molecule has 5 aliphatic heterocycles. The van der Waals surface area contributed by atoms with Gasteiger partial charge in [0.15, 0.2) is 0 Å². The second-order valence-electron chi connectivity index (χ2n) is 13.5. The van der Waals surface area contributed by atoms with Crippen LogP contribution in [0.15, 0.2) is 85.0 Å². The van der Waals surface area contributed by atoms with Crippen molar-refractivity contribution in [1.29, 1.82) is 0 Å². The van der Waals surface area contributed by atoms with E-state index in [1.54, 1.807) is 23.1 Å². The molecule has 0 saturated carbocycles. The molecule has 0 radical (unpaired) electrons. The highest BCUT2D eigenvalue weighted by Crippen LogP contribution is 2.54. The largest absolute Gasteiger partial charge is 0.463 e. The third kappa shape index (κ3) is 6.48. The van der Waals surface area contributed by atoms with Crippen LogP contribution in [-0.4, -0.2) is 120 Å². The lowest BCUT2D eigenvalue weighted by Crippen LogP contribution is -2.57. The molecule has 0 bridgehead atoms. The Labute approximate surface area is 291 Å². The first-order chi connectivity index (χ1) is 24.4. The van der Waals surface area contributed by atoms with E-state index in [0.29, 0.717) is 44.8 Å². The summed E-state index contributed by atoms with van der Waals surface area (Å²) in [5, 5.41) is 13.9. The van der Waals surface area contributed by atoms with Crippen LogP contribution in [0.25, 0.3) is 0 Å². The summed E-state index contributed by atoms with van der Waals surface area (Å²) in [6.45, 7) is 3.68. The molecule has 264 valence electrons.